The van der Waals surface area contributed by atoms with Crippen molar-refractivity contribution in [3.05, 3.63) is 42.9 Å². The molecule has 0 spiro atoms. The van der Waals surface area contributed by atoms with Crippen LogP contribution >= 0.6 is 0 Å². The van der Waals surface area contributed by atoms with Crippen LogP contribution in [0.4, 0.5) is 5.82 Å². The minimum Gasteiger partial charge on any atom is -0.497 e. The van der Waals surface area contributed by atoms with E-state index in [9.17, 15) is 4.79 Å². The molecule has 0 aliphatic heterocycles. The minimum absolute atomic E-state index is 0.0436. The van der Waals surface area contributed by atoms with Crippen LogP contribution in [-0.4, -0.2) is 27.4 Å². The fraction of sp³-hybridized carbons (Fsp3) is 0.278. The molecule has 0 unspecified atom stereocenters. The van der Waals surface area contributed by atoms with E-state index in [1.807, 2.05) is 34.9 Å². The molecule has 122 valence electrons. The zero-order valence-corrected chi connectivity index (χ0v) is 13.4. The molecule has 1 amide bonds. The van der Waals surface area contributed by atoms with E-state index in [2.05, 4.69) is 15.3 Å². The number of imidazole rings is 1. The molecule has 0 atom stereocenters. The Bertz CT molecular complexity index is 882. The van der Waals surface area contributed by atoms with E-state index >= 15 is 0 Å². The van der Waals surface area contributed by atoms with Crippen molar-refractivity contribution in [2.75, 3.05) is 12.4 Å². The molecular weight excluding hydrogens is 304 g/mol. The predicted octanol–water partition coefficient (Wildman–Crippen LogP) is 3.14. The molecule has 6 heteroatoms. The number of aromatic nitrogens is 3. The van der Waals surface area contributed by atoms with Crippen molar-refractivity contribution in [2.45, 2.75) is 19.3 Å². The number of nitrogens with one attached hydrogen (secondary N) is 1. The number of carbonyl (C=O) groups excluding carboxylic acids is 1. The molecule has 2 aromatic heterocycles. The normalized spacial score (nSPS) is 13.9. The van der Waals surface area contributed by atoms with E-state index in [1.165, 1.54) is 0 Å². The molecule has 0 radical (unpaired) electrons. The average Bonchev–Trinajstić information content (AvgIpc) is 3.34. The third kappa shape index (κ3) is 2.95. The van der Waals surface area contributed by atoms with Gasteiger partial charge in [-0.15, -0.1) is 0 Å². The first-order valence-electron chi connectivity index (χ1n) is 8.00. The monoisotopic (exact) mass is 322 g/mol. The summed E-state index contributed by atoms with van der Waals surface area (Å²) in [5.74, 6) is 2.08. The van der Waals surface area contributed by atoms with Gasteiger partial charge in [0.1, 0.15) is 11.6 Å². The van der Waals surface area contributed by atoms with Crippen molar-refractivity contribution in [3.8, 4) is 17.0 Å². The Morgan fingerprint density at radius 1 is 1.25 bits per heavy atom. The topological polar surface area (TPSA) is 68.5 Å². The summed E-state index contributed by atoms with van der Waals surface area (Å²) in [6.07, 6.45) is 8.16. The highest BCUT2D eigenvalue weighted by Gasteiger charge is 2.24. The Balaban J connectivity index is 1.62. The van der Waals surface area contributed by atoms with Crippen molar-refractivity contribution in [1.82, 2.24) is 14.4 Å². The van der Waals surface area contributed by atoms with Crippen molar-refractivity contribution < 1.29 is 9.53 Å². The van der Waals surface area contributed by atoms with Crippen LogP contribution in [-0.2, 0) is 4.79 Å². The number of nitrogens with zero attached hydrogens (tertiary/aromatic N) is 3. The summed E-state index contributed by atoms with van der Waals surface area (Å²) in [7, 11) is 1.64. The first-order valence-corrected chi connectivity index (χ1v) is 8.00. The second-order valence-electron chi connectivity index (χ2n) is 6.07. The number of methoxy groups -OCH3 is 1. The van der Waals surface area contributed by atoms with Crippen LogP contribution in [0.25, 0.3) is 16.9 Å². The van der Waals surface area contributed by atoms with Gasteiger partial charge in [0, 0.05) is 18.2 Å². The van der Waals surface area contributed by atoms with E-state index < -0.39 is 0 Å². The van der Waals surface area contributed by atoms with Crippen LogP contribution in [0.2, 0.25) is 0 Å². The van der Waals surface area contributed by atoms with Gasteiger partial charge in [-0.3, -0.25) is 14.2 Å². The molecule has 2 heterocycles. The highest BCUT2D eigenvalue weighted by molar-refractivity contribution is 5.90. The molecule has 4 rings (SSSR count). The standard InChI is InChI=1S/C18H18N4O2/c1-24-14-6-4-13(5-7-14)15-11-22-16(9-19-15)20-10-17(22)21-18(23)8-12-2-3-12/h4-7,9-12H,2-3,8H2,1H3,(H,21,23). The smallest absolute Gasteiger partial charge is 0.225 e. The van der Waals surface area contributed by atoms with Gasteiger partial charge in [-0.05, 0) is 43.0 Å². The van der Waals surface area contributed by atoms with Crippen molar-refractivity contribution in [3.63, 3.8) is 0 Å². The Morgan fingerprint density at radius 2 is 2.04 bits per heavy atom. The summed E-state index contributed by atoms with van der Waals surface area (Å²) in [5.41, 5.74) is 2.48. The Morgan fingerprint density at radius 3 is 2.75 bits per heavy atom. The van der Waals surface area contributed by atoms with Gasteiger partial charge in [0.15, 0.2) is 5.65 Å². The average molecular weight is 322 g/mol. The number of amides is 1. The molecule has 3 aromatic rings. The first kappa shape index (κ1) is 14.7. The van der Waals surface area contributed by atoms with Gasteiger partial charge in [-0.1, -0.05) is 0 Å². The summed E-state index contributed by atoms with van der Waals surface area (Å²) < 4.78 is 7.04. The fourth-order valence-corrected chi connectivity index (χ4v) is 2.67. The largest absolute Gasteiger partial charge is 0.497 e. The van der Waals surface area contributed by atoms with Gasteiger partial charge in [-0.25, -0.2) is 4.98 Å². The third-order valence-electron chi connectivity index (χ3n) is 4.22. The summed E-state index contributed by atoms with van der Waals surface area (Å²) in [6, 6.07) is 7.70. The molecule has 24 heavy (non-hydrogen) atoms. The van der Waals surface area contributed by atoms with Gasteiger partial charge in [-0.2, -0.15) is 0 Å². The zero-order chi connectivity index (χ0) is 16.5. The maximum atomic E-state index is 12.0. The lowest BCUT2D eigenvalue weighted by Crippen LogP contribution is -2.13. The van der Waals surface area contributed by atoms with Gasteiger partial charge in [0.2, 0.25) is 5.91 Å². The Kier molecular flexibility index (Phi) is 3.65. The lowest BCUT2D eigenvalue weighted by Gasteiger charge is -2.07. The Hall–Kier alpha value is -2.89. The lowest BCUT2D eigenvalue weighted by molar-refractivity contribution is -0.116. The van der Waals surface area contributed by atoms with Crippen LogP contribution in [0.15, 0.2) is 42.9 Å². The summed E-state index contributed by atoms with van der Waals surface area (Å²) >= 11 is 0. The Labute approximate surface area is 139 Å². The zero-order valence-electron chi connectivity index (χ0n) is 13.4. The highest BCUT2D eigenvalue weighted by Crippen LogP contribution is 2.32. The lowest BCUT2D eigenvalue weighted by atomic mass is 10.1. The first-order chi connectivity index (χ1) is 11.7. The van der Waals surface area contributed by atoms with Crippen LogP contribution in [0.3, 0.4) is 0 Å². The van der Waals surface area contributed by atoms with E-state index in [-0.39, 0.29) is 5.91 Å². The molecule has 6 nitrogen and oxygen atoms in total. The number of benzene rings is 1. The fourth-order valence-electron chi connectivity index (χ4n) is 2.67. The van der Waals surface area contributed by atoms with Crippen molar-refractivity contribution in [1.29, 1.82) is 0 Å². The van der Waals surface area contributed by atoms with Crippen LogP contribution in [0.5, 0.6) is 5.75 Å². The molecule has 1 aliphatic carbocycles. The van der Waals surface area contributed by atoms with Gasteiger partial charge >= 0.3 is 0 Å². The van der Waals surface area contributed by atoms with E-state index in [1.54, 1.807) is 19.5 Å². The van der Waals surface area contributed by atoms with E-state index in [4.69, 9.17) is 4.74 Å². The van der Waals surface area contributed by atoms with Crippen LogP contribution in [0.1, 0.15) is 19.3 Å². The third-order valence-corrected chi connectivity index (χ3v) is 4.22. The molecular formula is C18H18N4O2. The number of carbonyl (C=O) groups is 1. The van der Waals surface area contributed by atoms with E-state index in [0.29, 0.717) is 23.8 Å². The molecule has 1 aliphatic rings. The number of ether oxygens (including phenoxy) is 1. The van der Waals surface area contributed by atoms with Gasteiger partial charge in [0.05, 0.1) is 25.2 Å². The summed E-state index contributed by atoms with van der Waals surface area (Å²) in [5, 5.41) is 2.95. The second kappa shape index (κ2) is 5.96. The number of hydrogen-bond donors (Lipinski definition) is 1. The number of anilines is 1. The van der Waals surface area contributed by atoms with Crippen molar-refractivity contribution in [2.24, 2.45) is 5.92 Å². The highest BCUT2D eigenvalue weighted by atomic mass is 16.5. The number of hydrogen-bond acceptors (Lipinski definition) is 4. The maximum Gasteiger partial charge on any atom is 0.225 e. The molecule has 1 fully saturated rings. The summed E-state index contributed by atoms with van der Waals surface area (Å²) in [4.78, 5) is 20.8. The van der Waals surface area contributed by atoms with Gasteiger partial charge in [0.25, 0.3) is 0 Å². The molecule has 0 saturated heterocycles. The van der Waals surface area contributed by atoms with Crippen molar-refractivity contribution >= 4 is 17.4 Å². The predicted molar refractivity (Wildman–Crippen MR) is 90.9 cm³/mol. The molecule has 1 aromatic carbocycles. The number of rotatable bonds is 5. The van der Waals surface area contributed by atoms with Gasteiger partial charge < -0.3 is 10.1 Å². The minimum atomic E-state index is 0.0436. The molecule has 1 saturated carbocycles. The number of fused-ring (bicyclic) bond motifs is 1. The molecule has 1 N–H and O–H groups in total. The molecule has 0 bridgehead atoms. The second-order valence-corrected chi connectivity index (χ2v) is 6.07. The quantitative estimate of drug-likeness (QED) is 0.783. The van der Waals surface area contributed by atoms with Crippen LogP contribution in [0, 0.1) is 5.92 Å². The maximum absolute atomic E-state index is 12.0. The van der Waals surface area contributed by atoms with Crippen LogP contribution < -0.4 is 10.1 Å². The SMILES string of the molecule is COc1ccc(-c2cn3c(NC(=O)CC4CC4)cnc3cn2)cc1. The van der Waals surface area contributed by atoms with E-state index in [0.717, 1.165) is 29.8 Å². The summed E-state index contributed by atoms with van der Waals surface area (Å²) in [6.45, 7) is 0.